The molecule has 3 rings (SSSR count). The maximum absolute atomic E-state index is 6.19. The highest BCUT2D eigenvalue weighted by atomic mass is 16.5. The van der Waals surface area contributed by atoms with Crippen molar-refractivity contribution in [1.82, 2.24) is 9.97 Å². The lowest BCUT2D eigenvalue weighted by Gasteiger charge is -2.27. The van der Waals surface area contributed by atoms with Gasteiger partial charge in [-0.3, -0.25) is 0 Å². The van der Waals surface area contributed by atoms with E-state index in [0.717, 1.165) is 29.7 Å². The smallest absolute Gasteiger partial charge is 0.226 e. The summed E-state index contributed by atoms with van der Waals surface area (Å²) in [5, 5.41) is 3.99. The summed E-state index contributed by atoms with van der Waals surface area (Å²) in [4.78, 5) is 8.95. The third-order valence-corrected chi connectivity index (χ3v) is 3.96. The number of anilines is 1. The number of hydrogen-bond donors (Lipinski definition) is 1. The fraction of sp³-hybridized carbons (Fsp3) is 0.500. The van der Waals surface area contributed by atoms with E-state index < -0.39 is 0 Å². The van der Waals surface area contributed by atoms with Gasteiger partial charge in [-0.05, 0) is 37.3 Å². The molecule has 2 unspecified atom stereocenters. The summed E-state index contributed by atoms with van der Waals surface area (Å²) in [6.07, 6.45) is 5.08. The molecule has 4 heteroatoms. The minimum absolute atomic E-state index is 0.279. The standard InChI is InChI=1S/C16H21N3O/c1-11-6-5-7-12(10-11)20-15-13-8-3-4-9-14(13)18-16(17-2)19-15/h3-4,8-9,11-12H,5-7,10H2,1-2H3,(H,17,18,19). The molecule has 1 fully saturated rings. The molecule has 1 N–H and O–H groups in total. The summed E-state index contributed by atoms with van der Waals surface area (Å²) >= 11 is 0. The van der Waals surface area contributed by atoms with Gasteiger partial charge < -0.3 is 10.1 Å². The Morgan fingerprint density at radius 3 is 2.85 bits per heavy atom. The lowest BCUT2D eigenvalue weighted by Crippen LogP contribution is -2.24. The van der Waals surface area contributed by atoms with Crippen LogP contribution >= 0.6 is 0 Å². The molecule has 1 saturated carbocycles. The topological polar surface area (TPSA) is 47.0 Å². The second kappa shape index (κ2) is 5.65. The van der Waals surface area contributed by atoms with Crippen LogP contribution in [0.4, 0.5) is 5.95 Å². The zero-order valence-electron chi connectivity index (χ0n) is 12.1. The first kappa shape index (κ1) is 13.2. The van der Waals surface area contributed by atoms with Gasteiger partial charge in [-0.1, -0.05) is 25.5 Å². The van der Waals surface area contributed by atoms with Crippen molar-refractivity contribution in [2.24, 2.45) is 5.92 Å². The SMILES string of the molecule is CNc1nc(OC2CCCC(C)C2)c2ccccc2n1. The molecule has 1 heterocycles. The van der Waals surface area contributed by atoms with Crippen LogP contribution in [0.25, 0.3) is 10.9 Å². The molecule has 0 spiro atoms. The maximum Gasteiger partial charge on any atom is 0.226 e. The van der Waals surface area contributed by atoms with Crippen LogP contribution in [0.3, 0.4) is 0 Å². The van der Waals surface area contributed by atoms with E-state index in [-0.39, 0.29) is 6.10 Å². The van der Waals surface area contributed by atoms with Crippen molar-refractivity contribution in [3.8, 4) is 5.88 Å². The Bertz CT molecular complexity index is 599. The van der Waals surface area contributed by atoms with Crippen LogP contribution in [0.15, 0.2) is 24.3 Å². The summed E-state index contributed by atoms with van der Waals surface area (Å²) < 4.78 is 6.19. The number of nitrogens with one attached hydrogen (secondary N) is 1. The number of para-hydroxylation sites is 1. The van der Waals surface area contributed by atoms with Gasteiger partial charge in [0.05, 0.1) is 10.9 Å². The van der Waals surface area contributed by atoms with Crippen molar-refractivity contribution in [2.45, 2.75) is 38.7 Å². The van der Waals surface area contributed by atoms with Crippen molar-refractivity contribution in [2.75, 3.05) is 12.4 Å². The van der Waals surface area contributed by atoms with E-state index >= 15 is 0 Å². The lowest BCUT2D eigenvalue weighted by atomic mass is 9.89. The zero-order valence-corrected chi connectivity index (χ0v) is 12.1. The van der Waals surface area contributed by atoms with Gasteiger partial charge in [0.2, 0.25) is 11.8 Å². The minimum atomic E-state index is 0.279. The van der Waals surface area contributed by atoms with E-state index in [0.29, 0.717) is 11.8 Å². The number of nitrogens with zero attached hydrogens (tertiary/aromatic N) is 2. The first-order valence-electron chi connectivity index (χ1n) is 7.37. The number of ether oxygens (including phenoxy) is 1. The second-order valence-electron chi connectivity index (χ2n) is 5.63. The Labute approximate surface area is 119 Å². The molecule has 0 bridgehead atoms. The highest BCUT2D eigenvalue weighted by molar-refractivity contribution is 5.84. The third kappa shape index (κ3) is 2.69. The van der Waals surface area contributed by atoms with E-state index in [2.05, 4.69) is 22.2 Å². The highest BCUT2D eigenvalue weighted by Gasteiger charge is 2.21. The number of hydrogen-bond acceptors (Lipinski definition) is 4. The van der Waals surface area contributed by atoms with E-state index in [4.69, 9.17) is 4.74 Å². The largest absolute Gasteiger partial charge is 0.474 e. The van der Waals surface area contributed by atoms with Crippen LogP contribution in [-0.4, -0.2) is 23.1 Å². The molecule has 1 aliphatic carbocycles. The Balaban J connectivity index is 1.93. The number of aromatic nitrogens is 2. The van der Waals surface area contributed by atoms with Gasteiger partial charge in [0.15, 0.2) is 0 Å². The number of fused-ring (bicyclic) bond motifs is 1. The van der Waals surface area contributed by atoms with Crippen LogP contribution in [0.1, 0.15) is 32.6 Å². The van der Waals surface area contributed by atoms with E-state index in [1.54, 1.807) is 0 Å². The highest BCUT2D eigenvalue weighted by Crippen LogP contribution is 2.30. The van der Waals surface area contributed by atoms with Crippen molar-refractivity contribution in [3.05, 3.63) is 24.3 Å². The van der Waals surface area contributed by atoms with Gasteiger partial charge >= 0.3 is 0 Å². The summed E-state index contributed by atoms with van der Waals surface area (Å²) in [6, 6.07) is 8.01. The summed E-state index contributed by atoms with van der Waals surface area (Å²) in [7, 11) is 1.83. The Morgan fingerprint density at radius 2 is 2.05 bits per heavy atom. The van der Waals surface area contributed by atoms with Crippen LogP contribution in [-0.2, 0) is 0 Å². The lowest BCUT2D eigenvalue weighted by molar-refractivity contribution is 0.126. The molecule has 0 saturated heterocycles. The number of rotatable bonds is 3. The van der Waals surface area contributed by atoms with Crippen molar-refractivity contribution in [1.29, 1.82) is 0 Å². The van der Waals surface area contributed by atoms with Crippen molar-refractivity contribution >= 4 is 16.9 Å². The average molecular weight is 271 g/mol. The van der Waals surface area contributed by atoms with Gasteiger partial charge in [-0.2, -0.15) is 4.98 Å². The molecule has 1 aromatic heterocycles. The van der Waals surface area contributed by atoms with Gasteiger partial charge in [-0.15, -0.1) is 0 Å². The predicted molar refractivity (Wildman–Crippen MR) is 81.1 cm³/mol. The second-order valence-corrected chi connectivity index (χ2v) is 5.63. The van der Waals surface area contributed by atoms with Gasteiger partial charge in [0.1, 0.15) is 6.10 Å². The van der Waals surface area contributed by atoms with Crippen molar-refractivity contribution in [3.63, 3.8) is 0 Å². The molecule has 1 aliphatic rings. The predicted octanol–water partition coefficient (Wildman–Crippen LogP) is 3.63. The summed E-state index contributed by atoms with van der Waals surface area (Å²) in [6.45, 7) is 2.30. The fourth-order valence-electron chi connectivity index (χ4n) is 2.89. The molecular weight excluding hydrogens is 250 g/mol. The molecule has 2 aromatic rings. The Kier molecular flexibility index (Phi) is 3.72. The van der Waals surface area contributed by atoms with E-state index in [9.17, 15) is 0 Å². The molecule has 20 heavy (non-hydrogen) atoms. The van der Waals surface area contributed by atoms with E-state index in [1.807, 2.05) is 31.3 Å². The molecule has 0 amide bonds. The maximum atomic E-state index is 6.19. The van der Waals surface area contributed by atoms with Crippen molar-refractivity contribution < 1.29 is 4.74 Å². The Hall–Kier alpha value is -1.84. The monoisotopic (exact) mass is 271 g/mol. The molecule has 0 aliphatic heterocycles. The average Bonchev–Trinajstić information content (AvgIpc) is 2.47. The zero-order chi connectivity index (χ0) is 13.9. The normalized spacial score (nSPS) is 22.7. The fourth-order valence-corrected chi connectivity index (χ4v) is 2.89. The summed E-state index contributed by atoms with van der Waals surface area (Å²) in [5.41, 5.74) is 0.922. The molecule has 2 atom stereocenters. The number of benzene rings is 1. The molecular formula is C16H21N3O. The Morgan fingerprint density at radius 1 is 1.20 bits per heavy atom. The first-order chi connectivity index (χ1) is 9.76. The first-order valence-corrected chi connectivity index (χ1v) is 7.37. The summed E-state index contributed by atoms with van der Waals surface area (Å²) in [5.74, 6) is 2.06. The third-order valence-electron chi connectivity index (χ3n) is 3.96. The van der Waals surface area contributed by atoms with E-state index in [1.165, 1.54) is 12.8 Å². The minimum Gasteiger partial charge on any atom is -0.474 e. The molecule has 0 radical (unpaired) electrons. The molecule has 106 valence electrons. The molecule has 4 nitrogen and oxygen atoms in total. The van der Waals surface area contributed by atoms with Gasteiger partial charge in [0, 0.05) is 7.05 Å². The van der Waals surface area contributed by atoms with Crippen LogP contribution in [0.5, 0.6) is 5.88 Å². The van der Waals surface area contributed by atoms with Gasteiger partial charge in [-0.25, -0.2) is 4.98 Å². The van der Waals surface area contributed by atoms with Crippen LogP contribution < -0.4 is 10.1 Å². The molecule has 1 aromatic carbocycles. The quantitative estimate of drug-likeness (QED) is 0.926. The van der Waals surface area contributed by atoms with Crippen LogP contribution in [0.2, 0.25) is 0 Å². The van der Waals surface area contributed by atoms with Gasteiger partial charge in [0.25, 0.3) is 0 Å². The van der Waals surface area contributed by atoms with Crippen LogP contribution in [0, 0.1) is 5.92 Å².